The quantitative estimate of drug-likeness (QED) is 0.622. The van der Waals surface area contributed by atoms with E-state index in [1.807, 2.05) is 36.4 Å². The van der Waals surface area contributed by atoms with Gasteiger partial charge in [-0.25, -0.2) is 9.78 Å². The third-order valence-electron chi connectivity index (χ3n) is 2.30. The molecule has 0 aliphatic carbocycles. The molecule has 0 N–H and O–H groups in total. The fourth-order valence-electron chi connectivity index (χ4n) is 1.41. The van der Waals surface area contributed by atoms with Gasteiger partial charge in [0, 0.05) is 12.1 Å². The molecular formula is C15H13NO3. The number of nitrogens with zero attached hydrogens (tertiary/aromatic N) is 1. The molecule has 1 heterocycles. The van der Waals surface area contributed by atoms with Crippen molar-refractivity contribution < 1.29 is 14.3 Å². The molecule has 0 aliphatic rings. The Kier molecular flexibility index (Phi) is 4.29. The van der Waals surface area contributed by atoms with Gasteiger partial charge in [-0.3, -0.25) is 0 Å². The Bertz CT molecular complexity index is 579. The summed E-state index contributed by atoms with van der Waals surface area (Å²) in [5.41, 5.74) is 0.624. The van der Waals surface area contributed by atoms with E-state index in [9.17, 15) is 4.79 Å². The maximum atomic E-state index is 11.0. The summed E-state index contributed by atoms with van der Waals surface area (Å²) >= 11 is 0. The Balaban J connectivity index is 2.11. The van der Waals surface area contributed by atoms with Crippen LogP contribution in [0.3, 0.4) is 0 Å². The van der Waals surface area contributed by atoms with Crippen LogP contribution >= 0.6 is 0 Å². The molecule has 2 rings (SSSR count). The van der Waals surface area contributed by atoms with Gasteiger partial charge in [0.15, 0.2) is 0 Å². The molecule has 0 atom stereocenters. The second kappa shape index (κ2) is 6.35. The van der Waals surface area contributed by atoms with Crippen molar-refractivity contribution in [3.8, 4) is 11.6 Å². The lowest BCUT2D eigenvalue weighted by Gasteiger charge is -2.04. The van der Waals surface area contributed by atoms with E-state index in [1.165, 1.54) is 13.2 Å². The maximum Gasteiger partial charge on any atom is 0.330 e. The highest BCUT2D eigenvalue weighted by Crippen LogP contribution is 2.18. The molecule has 0 bridgehead atoms. The zero-order valence-electron chi connectivity index (χ0n) is 10.4. The number of para-hydroxylation sites is 1. The molecule has 0 amide bonds. The van der Waals surface area contributed by atoms with Crippen molar-refractivity contribution in [2.75, 3.05) is 7.11 Å². The Morgan fingerprint density at radius 2 is 1.89 bits per heavy atom. The molecule has 2 aromatic rings. The molecule has 0 saturated carbocycles. The summed E-state index contributed by atoms with van der Waals surface area (Å²) in [5.74, 6) is 0.762. The van der Waals surface area contributed by atoms with E-state index in [-0.39, 0.29) is 0 Å². The largest absolute Gasteiger partial charge is 0.466 e. The molecule has 19 heavy (non-hydrogen) atoms. The number of hydrogen-bond acceptors (Lipinski definition) is 4. The van der Waals surface area contributed by atoms with E-state index < -0.39 is 5.97 Å². The first-order chi connectivity index (χ1) is 9.28. The van der Waals surface area contributed by atoms with Gasteiger partial charge in [0.2, 0.25) is 5.88 Å². The van der Waals surface area contributed by atoms with Crippen LogP contribution in [0.15, 0.2) is 54.6 Å². The molecule has 0 saturated heterocycles. The van der Waals surface area contributed by atoms with Gasteiger partial charge >= 0.3 is 5.97 Å². The van der Waals surface area contributed by atoms with Crippen LogP contribution in [0.25, 0.3) is 6.08 Å². The monoisotopic (exact) mass is 255 g/mol. The van der Waals surface area contributed by atoms with Crippen LogP contribution in [-0.4, -0.2) is 18.1 Å². The van der Waals surface area contributed by atoms with Crippen molar-refractivity contribution in [3.63, 3.8) is 0 Å². The molecule has 1 aromatic carbocycles. The van der Waals surface area contributed by atoms with Crippen molar-refractivity contribution in [3.05, 3.63) is 60.3 Å². The lowest BCUT2D eigenvalue weighted by atomic mass is 10.3. The number of rotatable bonds is 4. The van der Waals surface area contributed by atoms with Crippen LogP contribution in [-0.2, 0) is 9.53 Å². The van der Waals surface area contributed by atoms with Crippen LogP contribution in [0.4, 0.5) is 0 Å². The summed E-state index contributed by atoms with van der Waals surface area (Å²) in [7, 11) is 1.33. The van der Waals surface area contributed by atoms with Crippen LogP contribution in [0, 0.1) is 0 Å². The summed E-state index contributed by atoms with van der Waals surface area (Å²) in [5, 5.41) is 0. The second-order valence-electron chi connectivity index (χ2n) is 3.67. The fourth-order valence-corrected chi connectivity index (χ4v) is 1.41. The number of hydrogen-bond donors (Lipinski definition) is 0. The zero-order valence-corrected chi connectivity index (χ0v) is 10.4. The minimum atomic E-state index is -0.420. The third-order valence-corrected chi connectivity index (χ3v) is 2.30. The molecule has 4 nitrogen and oxygen atoms in total. The average molecular weight is 255 g/mol. The van der Waals surface area contributed by atoms with Crippen LogP contribution < -0.4 is 4.74 Å². The lowest BCUT2D eigenvalue weighted by Crippen LogP contribution is -1.94. The number of carbonyl (C=O) groups excluding carboxylic acids is 1. The minimum absolute atomic E-state index is 0.420. The lowest BCUT2D eigenvalue weighted by molar-refractivity contribution is -0.134. The van der Waals surface area contributed by atoms with E-state index in [1.54, 1.807) is 18.2 Å². The number of benzene rings is 1. The number of esters is 1. The number of ether oxygens (including phenoxy) is 2. The first kappa shape index (κ1) is 12.8. The minimum Gasteiger partial charge on any atom is -0.466 e. The van der Waals surface area contributed by atoms with E-state index in [4.69, 9.17) is 4.74 Å². The molecule has 0 fully saturated rings. The van der Waals surface area contributed by atoms with Gasteiger partial charge in [0.05, 0.1) is 12.8 Å². The first-order valence-corrected chi connectivity index (χ1v) is 5.74. The Labute approximate surface area is 111 Å². The molecule has 0 unspecified atom stereocenters. The Morgan fingerprint density at radius 1 is 1.11 bits per heavy atom. The van der Waals surface area contributed by atoms with Crippen molar-refractivity contribution in [1.29, 1.82) is 0 Å². The van der Waals surface area contributed by atoms with E-state index in [0.717, 1.165) is 0 Å². The van der Waals surface area contributed by atoms with Gasteiger partial charge in [-0.15, -0.1) is 0 Å². The molecule has 0 aliphatic heterocycles. The summed E-state index contributed by atoms with van der Waals surface area (Å²) in [6, 6.07) is 14.7. The van der Waals surface area contributed by atoms with E-state index in [0.29, 0.717) is 17.3 Å². The molecule has 0 spiro atoms. The van der Waals surface area contributed by atoms with Gasteiger partial charge in [-0.2, -0.15) is 0 Å². The number of carbonyl (C=O) groups is 1. The van der Waals surface area contributed by atoms with Gasteiger partial charge in [-0.1, -0.05) is 24.3 Å². The Morgan fingerprint density at radius 3 is 2.63 bits per heavy atom. The molecule has 0 radical (unpaired) electrons. The van der Waals surface area contributed by atoms with Crippen molar-refractivity contribution in [2.24, 2.45) is 0 Å². The predicted octanol–water partition coefficient (Wildman–Crippen LogP) is 3.06. The van der Waals surface area contributed by atoms with Crippen LogP contribution in [0.2, 0.25) is 0 Å². The SMILES string of the molecule is COC(=O)C=Cc1cccc(Oc2ccccc2)n1. The van der Waals surface area contributed by atoms with E-state index >= 15 is 0 Å². The van der Waals surface area contributed by atoms with Crippen LogP contribution in [0.1, 0.15) is 5.69 Å². The normalized spacial score (nSPS) is 10.4. The second-order valence-corrected chi connectivity index (χ2v) is 3.67. The van der Waals surface area contributed by atoms with Gasteiger partial charge in [-0.05, 0) is 24.3 Å². The number of aromatic nitrogens is 1. The summed E-state index contributed by atoms with van der Waals surface area (Å²) in [6.45, 7) is 0. The summed E-state index contributed by atoms with van der Waals surface area (Å²) < 4.78 is 10.1. The van der Waals surface area contributed by atoms with Crippen molar-refractivity contribution >= 4 is 12.0 Å². The maximum absolute atomic E-state index is 11.0. The highest BCUT2D eigenvalue weighted by Gasteiger charge is 1.99. The zero-order chi connectivity index (χ0) is 13.5. The summed E-state index contributed by atoms with van der Waals surface area (Å²) in [6.07, 6.45) is 2.89. The highest BCUT2D eigenvalue weighted by atomic mass is 16.5. The Hall–Kier alpha value is -2.62. The summed E-state index contributed by atoms with van der Waals surface area (Å²) in [4.78, 5) is 15.3. The average Bonchev–Trinajstić information content (AvgIpc) is 2.46. The van der Waals surface area contributed by atoms with Gasteiger partial charge in [0.1, 0.15) is 5.75 Å². The van der Waals surface area contributed by atoms with Gasteiger partial charge in [0.25, 0.3) is 0 Å². The van der Waals surface area contributed by atoms with Crippen molar-refractivity contribution in [2.45, 2.75) is 0 Å². The third kappa shape index (κ3) is 3.96. The standard InChI is InChI=1S/C15H13NO3/c1-18-15(17)11-10-12-6-5-9-14(16-12)19-13-7-3-2-4-8-13/h2-11H,1H3. The fraction of sp³-hybridized carbons (Fsp3) is 0.0667. The number of methoxy groups -OCH3 is 1. The highest BCUT2D eigenvalue weighted by molar-refractivity contribution is 5.86. The molecule has 96 valence electrons. The molecule has 1 aromatic heterocycles. The van der Waals surface area contributed by atoms with Crippen molar-refractivity contribution in [1.82, 2.24) is 4.98 Å². The predicted molar refractivity (Wildman–Crippen MR) is 71.8 cm³/mol. The van der Waals surface area contributed by atoms with Crippen LogP contribution in [0.5, 0.6) is 11.6 Å². The molecule has 4 heteroatoms. The molecular weight excluding hydrogens is 242 g/mol. The topological polar surface area (TPSA) is 48.4 Å². The van der Waals surface area contributed by atoms with Gasteiger partial charge < -0.3 is 9.47 Å². The number of pyridine rings is 1. The van der Waals surface area contributed by atoms with E-state index in [2.05, 4.69) is 9.72 Å². The first-order valence-electron chi connectivity index (χ1n) is 5.74. The smallest absolute Gasteiger partial charge is 0.330 e.